The molecule has 1 N–H and O–H groups in total. The average molecular weight is 424 g/mol. The number of carbonyl (C=O) groups excluding carboxylic acids is 1. The van der Waals surface area contributed by atoms with Crippen LogP contribution >= 0.6 is 11.6 Å². The van der Waals surface area contributed by atoms with Crippen LogP contribution in [0.1, 0.15) is 44.2 Å². The van der Waals surface area contributed by atoms with Gasteiger partial charge >= 0.3 is 0 Å². The molecule has 0 aliphatic carbocycles. The molecule has 1 unspecified atom stereocenters. The number of nitriles is 1. The second kappa shape index (κ2) is 8.41. The fourth-order valence-corrected chi connectivity index (χ4v) is 4.13. The van der Waals surface area contributed by atoms with Crippen LogP contribution in [0.2, 0.25) is 5.02 Å². The number of anilines is 2. The lowest BCUT2D eigenvalue weighted by molar-refractivity contribution is -0.112. The Hall–Kier alpha value is -2.97. The van der Waals surface area contributed by atoms with Crippen molar-refractivity contribution in [1.29, 1.82) is 5.26 Å². The first-order valence-electron chi connectivity index (χ1n) is 9.80. The van der Waals surface area contributed by atoms with Gasteiger partial charge in [0, 0.05) is 35.1 Å². The number of nitrogens with zero attached hydrogens (tertiary/aromatic N) is 2. The number of halogens is 1. The number of rotatable bonds is 4. The first-order valence-corrected chi connectivity index (χ1v) is 10.2. The molecular formula is C24H26ClN3O2. The fraction of sp³-hybridized carbons (Fsp3) is 0.333. The van der Waals surface area contributed by atoms with Crippen LogP contribution in [0.5, 0.6) is 5.75 Å². The molecule has 6 heteroatoms. The molecule has 1 amide bonds. The van der Waals surface area contributed by atoms with E-state index in [0.717, 1.165) is 17.7 Å². The Kier molecular flexibility index (Phi) is 6.09. The van der Waals surface area contributed by atoms with E-state index < -0.39 is 5.91 Å². The van der Waals surface area contributed by atoms with Gasteiger partial charge in [-0.2, -0.15) is 5.26 Å². The average Bonchev–Trinajstić information content (AvgIpc) is 2.70. The second-order valence-corrected chi connectivity index (χ2v) is 8.67. The fourth-order valence-electron chi connectivity index (χ4n) is 3.92. The molecular weight excluding hydrogens is 398 g/mol. The van der Waals surface area contributed by atoms with E-state index in [2.05, 4.69) is 38.0 Å². The van der Waals surface area contributed by atoms with Gasteiger partial charge in [0.1, 0.15) is 17.4 Å². The van der Waals surface area contributed by atoms with Crippen LogP contribution in [0.25, 0.3) is 6.08 Å². The summed E-state index contributed by atoms with van der Waals surface area (Å²) in [5, 5.41) is 12.8. The topological polar surface area (TPSA) is 65.4 Å². The molecule has 156 valence electrons. The summed E-state index contributed by atoms with van der Waals surface area (Å²) in [5.41, 5.74) is 3.47. The van der Waals surface area contributed by atoms with Crippen LogP contribution in [-0.4, -0.2) is 25.6 Å². The predicted octanol–water partition coefficient (Wildman–Crippen LogP) is 5.62. The van der Waals surface area contributed by atoms with E-state index in [1.807, 2.05) is 18.2 Å². The molecule has 0 aromatic heterocycles. The molecule has 5 nitrogen and oxygen atoms in total. The van der Waals surface area contributed by atoms with Crippen molar-refractivity contribution >= 4 is 35.0 Å². The van der Waals surface area contributed by atoms with Crippen molar-refractivity contribution in [2.24, 2.45) is 0 Å². The van der Waals surface area contributed by atoms with E-state index in [4.69, 9.17) is 16.3 Å². The third-order valence-corrected chi connectivity index (χ3v) is 6.07. The molecule has 0 spiro atoms. The minimum Gasteiger partial charge on any atom is -0.497 e. The highest BCUT2D eigenvalue weighted by atomic mass is 35.5. The maximum Gasteiger partial charge on any atom is 0.266 e. The van der Waals surface area contributed by atoms with Gasteiger partial charge in [0.2, 0.25) is 0 Å². The maximum absolute atomic E-state index is 12.7. The maximum atomic E-state index is 12.7. The molecule has 0 bridgehead atoms. The Bertz CT molecular complexity index is 1050. The SMILES string of the molecule is COc1cccc(NC(=O)/C(C#N)=C/c2cc3c(cc2Cl)N(C)C(C)(C)CC3C)c1. The van der Waals surface area contributed by atoms with Gasteiger partial charge in [0.15, 0.2) is 0 Å². The third kappa shape index (κ3) is 4.29. The summed E-state index contributed by atoms with van der Waals surface area (Å²) < 4.78 is 5.17. The minimum absolute atomic E-state index is 0.0168. The van der Waals surface area contributed by atoms with E-state index in [-0.39, 0.29) is 11.1 Å². The molecule has 3 rings (SSSR count). The first-order chi connectivity index (χ1) is 14.2. The summed E-state index contributed by atoms with van der Waals surface area (Å²) in [5.74, 6) is 0.464. The van der Waals surface area contributed by atoms with Gasteiger partial charge in [-0.3, -0.25) is 4.79 Å². The van der Waals surface area contributed by atoms with Crippen molar-refractivity contribution in [1.82, 2.24) is 0 Å². The third-order valence-electron chi connectivity index (χ3n) is 5.74. The lowest BCUT2D eigenvalue weighted by Gasteiger charge is -2.45. The molecule has 0 saturated carbocycles. The van der Waals surface area contributed by atoms with Gasteiger partial charge in [0.25, 0.3) is 5.91 Å². The van der Waals surface area contributed by atoms with Crippen LogP contribution in [0.3, 0.4) is 0 Å². The molecule has 1 atom stereocenters. The van der Waals surface area contributed by atoms with E-state index in [1.165, 1.54) is 0 Å². The monoisotopic (exact) mass is 423 g/mol. The number of hydrogen-bond donors (Lipinski definition) is 1. The zero-order valence-corrected chi connectivity index (χ0v) is 18.7. The zero-order chi connectivity index (χ0) is 22.1. The number of amides is 1. The largest absolute Gasteiger partial charge is 0.497 e. The summed E-state index contributed by atoms with van der Waals surface area (Å²) in [6.07, 6.45) is 2.55. The predicted molar refractivity (Wildman–Crippen MR) is 122 cm³/mol. The number of carbonyl (C=O) groups is 1. The minimum atomic E-state index is -0.495. The van der Waals surface area contributed by atoms with Crippen molar-refractivity contribution < 1.29 is 9.53 Å². The van der Waals surface area contributed by atoms with E-state index >= 15 is 0 Å². The van der Waals surface area contributed by atoms with Crippen molar-refractivity contribution in [3.05, 3.63) is 58.1 Å². The molecule has 30 heavy (non-hydrogen) atoms. The van der Waals surface area contributed by atoms with Crippen molar-refractivity contribution in [3.63, 3.8) is 0 Å². The Morgan fingerprint density at radius 1 is 1.37 bits per heavy atom. The molecule has 1 aliphatic heterocycles. The van der Waals surface area contributed by atoms with E-state index in [9.17, 15) is 10.1 Å². The van der Waals surface area contributed by atoms with Gasteiger partial charge in [-0.15, -0.1) is 0 Å². The highest BCUT2D eigenvalue weighted by molar-refractivity contribution is 6.32. The Morgan fingerprint density at radius 3 is 2.77 bits per heavy atom. The first kappa shape index (κ1) is 21.7. The van der Waals surface area contributed by atoms with Crippen LogP contribution in [0, 0.1) is 11.3 Å². The van der Waals surface area contributed by atoms with Crippen LogP contribution in [0.15, 0.2) is 42.0 Å². The van der Waals surface area contributed by atoms with E-state index in [1.54, 1.807) is 37.5 Å². The van der Waals surface area contributed by atoms with Gasteiger partial charge in [-0.25, -0.2) is 0 Å². The Morgan fingerprint density at radius 2 is 2.10 bits per heavy atom. The zero-order valence-electron chi connectivity index (χ0n) is 17.9. The van der Waals surface area contributed by atoms with E-state index in [0.29, 0.717) is 27.9 Å². The van der Waals surface area contributed by atoms with Crippen molar-refractivity contribution in [2.45, 2.75) is 38.6 Å². The summed E-state index contributed by atoms with van der Waals surface area (Å²) in [6.45, 7) is 6.62. The number of nitrogens with one attached hydrogen (secondary N) is 1. The summed E-state index contributed by atoms with van der Waals surface area (Å²) in [4.78, 5) is 14.9. The summed E-state index contributed by atoms with van der Waals surface area (Å²) in [7, 11) is 3.62. The van der Waals surface area contributed by atoms with Gasteiger partial charge in [-0.05, 0) is 67.7 Å². The molecule has 0 saturated heterocycles. The van der Waals surface area contributed by atoms with Crippen LogP contribution in [-0.2, 0) is 4.79 Å². The number of ether oxygens (including phenoxy) is 1. The Balaban J connectivity index is 1.93. The van der Waals surface area contributed by atoms with Gasteiger partial charge < -0.3 is 15.0 Å². The smallest absolute Gasteiger partial charge is 0.266 e. The normalized spacial score (nSPS) is 17.7. The Labute approximate surface area is 182 Å². The lowest BCUT2D eigenvalue weighted by atomic mass is 9.80. The molecule has 0 radical (unpaired) electrons. The molecule has 1 aliphatic rings. The summed E-state index contributed by atoms with van der Waals surface area (Å²) in [6, 6.07) is 12.9. The number of fused-ring (bicyclic) bond motifs is 1. The molecule has 2 aromatic rings. The number of methoxy groups -OCH3 is 1. The van der Waals surface area contributed by atoms with Crippen LogP contribution < -0.4 is 15.0 Å². The lowest BCUT2D eigenvalue weighted by Crippen LogP contribution is -2.45. The molecule has 0 fully saturated rings. The number of benzene rings is 2. The highest BCUT2D eigenvalue weighted by Gasteiger charge is 2.34. The second-order valence-electron chi connectivity index (χ2n) is 8.27. The number of hydrogen-bond acceptors (Lipinski definition) is 4. The quantitative estimate of drug-likeness (QED) is 0.512. The highest BCUT2D eigenvalue weighted by Crippen LogP contribution is 2.44. The van der Waals surface area contributed by atoms with Crippen LogP contribution in [0.4, 0.5) is 11.4 Å². The summed E-state index contributed by atoms with van der Waals surface area (Å²) >= 11 is 6.54. The molecule has 1 heterocycles. The van der Waals surface area contributed by atoms with Gasteiger partial charge in [0.05, 0.1) is 7.11 Å². The van der Waals surface area contributed by atoms with Crippen molar-refractivity contribution in [2.75, 3.05) is 24.4 Å². The van der Waals surface area contributed by atoms with Crippen molar-refractivity contribution in [3.8, 4) is 11.8 Å². The standard InChI is InChI=1S/C24H26ClN3O2/c1-15-13-24(2,3)28(4)22-12-21(25)16(10-20(15)22)9-17(14-26)23(29)27-18-7-6-8-19(11-18)30-5/h6-12,15H,13H2,1-5H3,(H,27,29)/b17-9+. The van der Waals surface area contributed by atoms with Gasteiger partial charge in [-0.1, -0.05) is 24.6 Å². The molecule has 2 aromatic carbocycles.